The van der Waals surface area contributed by atoms with Gasteiger partial charge in [-0.1, -0.05) is 0 Å². The monoisotopic (exact) mass is 295 g/mol. The molecule has 0 unspecified atom stereocenters. The van der Waals surface area contributed by atoms with Crippen molar-refractivity contribution in [1.82, 2.24) is 0 Å². The summed E-state index contributed by atoms with van der Waals surface area (Å²) in [5, 5.41) is 15.9. The van der Waals surface area contributed by atoms with Gasteiger partial charge in [0, 0.05) is 0 Å². The average Bonchev–Trinajstić information content (AvgIpc) is 2.86. The molecule has 0 aliphatic heterocycles. The molecule has 0 amide bonds. The molecule has 1 aromatic heterocycles. The minimum Gasteiger partial charge on any atom is -0.446 e. The van der Waals surface area contributed by atoms with Gasteiger partial charge in [-0.05, 0) is 30.3 Å². The smallest absolute Gasteiger partial charge is 0.271 e. The molecule has 8 heteroatoms. The van der Waals surface area contributed by atoms with Crippen LogP contribution in [0.1, 0.15) is 11.3 Å². The quantitative estimate of drug-likeness (QED) is 0.889. The Morgan fingerprint density at radius 3 is 2.65 bits per heavy atom. The number of halogens is 1. The van der Waals surface area contributed by atoms with E-state index in [1.54, 1.807) is 0 Å². The minimum atomic E-state index is -3.89. The molecule has 1 aromatic carbocycles. The van der Waals surface area contributed by atoms with Crippen LogP contribution in [0.5, 0.6) is 0 Å². The average molecular weight is 295 g/mol. The second-order valence-corrected chi connectivity index (χ2v) is 5.42. The van der Waals surface area contributed by atoms with Gasteiger partial charge < -0.3 is 9.73 Å². The lowest BCUT2D eigenvalue weighted by atomic mass is 10.2. The Balaban J connectivity index is 2.10. The van der Waals surface area contributed by atoms with E-state index in [1.807, 2.05) is 6.07 Å². The van der Waals surface area contributed by atoms with Crippen molar-refractivity contribution >= 4 is 15.7 Å². The van der Waals surface area contributed by atoms with E-state index in [1.165, 1.54) is 24.3 Å². The number of furan rings is 1. The molecule has 0 saturated carbocycles. The zero-order chi connectivity index (χ0) is 14.8. The molecule has 0 fully saturated rings. The van der Waals surface area contributed by atoms with Gasteiger partial charge in [0.05, 0.1) is 23.9 Å². The molecule has 2 aromatic rings. The van der Waals surface area contributed by atoms with E-state index in [2.05, 4.69) is 5.32 Å². The summed E-state index contributed by atoms with van der Waals surface area (Å²) >= 11 is 0. The Labute approximate surface area is 114 Å². The molecule has 6 nitrogen and oxygen atoms in total. The van der Waals surface area contributed by atoms with Crippen LogP contribution in [0.4, 0.5) is 10.1 Å². The van der Waals surface area contributed by atoms with Crippen molar-refractivity contribution in [3.8, 4) is 6.07 Å². The number of primary sulfonamides is 1. The number of nitriles is 1. The lowest BCUT2D eigenvalue weighted by Gasteiger charge is -2.05. The summed E-state index contributed by atoms with van der Waals surface area (Å²) in [5.41, 5.74) is 0.389. The van der Waals surface area contributed by atoms with Gasteiger partial charge in [0.1, 0.15) is 11.6 Å². The molecule has 20 heavy (non-hydrogen) atoms. The van der Waals surface area contributed by atoms with Gasteiger partial charge in [-0.3, -0.25) is 0 Å². The predicted octanol–water partition coefficient (Wildman–Crippen LogP) is 1.55. The summed E-state index contributed by atoms with van der Waals surface area (Å²) in [5.74, 6) is -0.292. The molecule has 0 bridgehead atoms. The molecule has 104 valence electrons. The van der Waals surface area contributed by atoms with E-state index in [9.17, 15) is 12.8 Å². The second-order valence-electron chi connectivity index (χ2n) is 3.93. The molecule has 2 rings (SSSR count). The molecule has 0 saturated heterocycles. The van der Waals surface area contributed by atoms with Crippen molar-refractivity contribution in [1.29, 1.82) is 5.26 Å². The highest BCUT2D eigenvalue weighted by Gasteiger charge is 2.13. The van der Waals surface area contributed by atoms with E-state index in [4.69, 9.17) is 14.8 Å². The maximum absolute atomic E-state index is 13.6. The third-order valence-electron chi connectivity index (χ3n) is 2.47. The van der Waals surface area contributed by atoms with Gasteiger partial charge in [-0.2, -0.15) is 5.26 Å². The van der Waals surface area contributed by atoms with E-state index >= 15 is 0 Å². The van der Waals surface area contributed by atoms with Crippen LogP contribution in [0.3, 0.4) is 0 Å². The van der Waals surface area contributed by atoms with Gasteiger partial charge in [0.25, 0.3) is 10.0 Å². The fourth-order valence-electron chi connectivity index (χ4n) is 1.52. The standard InChI is InChI=1S/C12H10FN3O3S/c13-10-5-8(6-14)1-3-11(10)16-7-9-2-4-12(19-9)20(15,17)18/h1-5,16H,7H2,(H2,15,17,18). The number of anilines is 1. The molecule has 0 aliphatic carbocycles. The first-order valence-electron chi connectivity index (χ1n) is 5.45. The van der Waals surface area contributed by atoms with E-state index in [-0.39, 0.29) is 28.6 Å². The van der Waals surface area contributed by atoms with Gasteiger partial charge in [-0.25, -0.2) is 17.9 Å². The Bertz CT molecular complexity index is 777. The molecule has 0 radical (unpaired) electrons. The summed E-state index contributed by atoms with van der Waals surface area (Å²) in [6.07, 6.45) is 0. The van der Waals surface area contributed by atoms with Crippen LogP contribution >= 0.6 is 0 Å². The Morgan fingerprint density at radius 1 is 1.35 bits per heavy atom. The zero-order valence-electron chi connectivity index (χ0n) is 10.1. The predicted molar refractivity (Wildman–Crippen MR) is 68.5 cm³/mol. The van der Waals surface area contributed by atoms with Gasteiger partial charge >= 0.3 is 0 Å². The summed E-state index contributed by atoms with van der Waals surface area (Å²) in [7, 11) is -3.89. The summed E-state index contributed by atoms with van der Waals surface area (Å²) in [6.45, 7) is 0.0817. The van der Waals surface area contributed by atoms with E-state index in [0.717, 1.165) is 6.07 Å². The fourth-order valence-corrected chi connectivity index (χ4v) is 2.00. The van der Waals surface area contributed by atoms with E-state index in [0.29, 0.717) is 0 Å². The van der Waals surface area contributed by atoms with Crippen molar-refractivity contribution in [2.24, 2.45) is 5.14 Å². The molecule has 0 aliphatic rings. The topological polar surface area (TPSA) is 109 Å². The van der Waals surface area contributed by atoms with Crippen molar-refractivity contribution in [3.05, 3.63) is 47.5 Å². The maximum Gasteiger partial charge on any atom is 0.271 e. The number of sulfonamides is 1. The normalized spacial score (nSPS) is 11.1. The van der Waals surface area contributed by atoms with Crippen LogP contribution in [-0.4, -0.2) is 8.42 Å². The highest BCUT2D eigenvalue weighted by molar-refractivity contribution is 7.89. The van der Waals surface area contributed by atoms with Crippen LogP contribution in [0.2, 0.25) is 0 Å². The number of nitrogens with two attached hydrogens (primary N) is 1. The van der Waals surface area contributed by atoms with Crippen molar-refractivity contribution in [2.45, 2.75) is 11.6 Å². The van der Waals surface area contributed by atoms with Crippen LogP contribution in [-0.2, 0) is 16.6 Å². The molecule has 1 heterocycles. The highest BCUT2D eigenvalue weighted by Crippen LogP contribution is 2.18. The third-order valence-corrected chi connectivity index (χ3v) is 3.25. The lowest BCUT2D eigenvalue weighted by molar-refractivity contribution is 0.419. The molecule has 0 atom stereocenters. The Morgan fingerprint density at radius 2 is 2.10 bits per heavy atom. The van der Waals surface area contributed by atoms with E-state index < -0.39 is 15.8 Å². The zero-order valence-corrected chi connectivity index (χ0v) is 10.9. The Hall–Kier alpha value is -2.37. The third kappa shape index (κ3) is 3.14. The van der Waals surface area contributed by atoms with Crippen LogP contribution in [0.15, 0.2) is 39.8 Å². The molecular formula is C12H10FN3O3S. The highest BCUT2D eigenvalue weighted by atomic mass is 32.2. The van der Waals surface area contributed by atoms with Crippen molar-refractivity contribution in [3.63, 3.8) is 0 Å². The van der Waals surface area contributed by atoms with Gasteiger partial charge in [0.15, 0.2) is 0 Å². The number of benzene rings is 1. The Kier molecular flexibility index (Phi) is 3.74. The molecule has 3 N–H and O–H groups in total. The first-order chi connectivity index (χ1) is 9.40. The van der Waals surface area contributed by atoms with Gasteiger partial charge in [0.2, 0.25) is 5.09 Å². The minimum absolute atomic E-state index is 0.0817. The SMILES string of the molecule is N#Cc1ccc(NCc2ccc(S(N)(=O)=O)o2)c(F)c1. The second kappa shape index (κ2) is 5.32. The van der Waals surface area contributed by atoms with Crippen LogP contribution in [0.25, 0.3) is 0 Å². The number of hydrogen-bond acceptors (Lipinski definition) is 5. The fraction of sp³-hybridized carbons (Fsp3) is 0.0833. The number of hydrogen-bond donors (Lipinski definition) is 2. The first-order valence-corrected chi connectivity index (χ1v) is 7.00. The molecule has 0 spiro atoms. The van der Waals surface area contributed by atoms with Crippen LogP contribution < -0.4 is 10.5 Å². The summed E-state index contributed by atoms with van der Waals surface area (Å²) in [4.78, 5) is 0. The summed E-state index contributed by atoms with van der Waals surface area (Å²) in [6, 6.07) is 8.44. The number of rotatable bonds is 4. The molecular weight excluding hydrogens is 285 g/mol. The van der Waals surface area contributed by atoms with Crippen LogP contribution in [0, 0.1) is 17.1 Å². The van der Waals surface area contributed by atoms with Crippen molar-refractivity contribution < 1.29 is 17.2 Å². The first kappa shape index (κ1) is 14.0. The number of nitrogens with zero attached hydrogens (tertiary/aromatic N) is 1. The van der Waals surface area contributed by atoms with Gasteiger partial charge in [-0.15, -0.1) is 0 Å². The number of nitrogens with one attached hydrogen (secondary N) is 1. The lowest BCUT2D eigenvalue weighted by Crippen LogP contribution is -2.10. The maximum atomic E-state index is 13.6. The van der Waals surface area contributed by atoms with Crippen molar-refractivity contribution in [2.75, 3.05) is 5.32 Å². The summed E-state index contributed by atoms with van der Waals surface area (Å²) < 4.78 is 40.6. The largest absolute Gasteiger partial charge is 0.446 e.